The van der Waals surface area contributed by atoms with E-state index in [9.17, 15) is 27.9 Å². The van der Waals surface area contributed by atoms with Crippen LogP contribution >= 0.6 is 28.3 Å². The summed E-state index contributed by atoms with van der Waals surface area (Å²) in [6, 6.07) is 3.95. The van der Waals surface area contributed by atoms with Gasteiger partial charge in [0.1, 0.15) is 11.6 Å². The Morgan fingerprint density at radius 2 is 1.89 bits per heavy atom. The Balaban J connectivity index is 0.00000380. The maximum absolute atomic E-state index is 13.3. The highest BCUT2D eigenvalue weighted by molar-refractivity contribution is 9.10. The molecule has 0 aromatic heterocycles. The summed E-state index contributed by atoms with van der Waals surface area (Å²) in [4.78, 5) is 39.8. The first-order chi connectivity index (χ1) is 17.0. The third-order valence-corrected chi connectivity index (χ3v) is 8.93. The lowest BCUT2D eigenvalue weighted by atomic mass is 10.1. The third kappa shape index (κ3) is 6.54. The van der Waals surface area contributed by atoms with E-state index in [1.165, 1.54) is 17.0 Å². The second-order valence-electron chi connectivity index (χ2n) is 9.62. The van der Waals surface area contributed by atoms with E-state index in [0.717, 1.165) is 25.7 Å². The van der Waals surface area contributed by atoms with E-state index in [1.54, 1.807) is 12.1 Å². The maximum atomic E-state index is 13.3. The normalized spacial score (nSPS) is 30.7. The van der Waals surface area contributed by atoms with Crippen molar-refractivity contribution in [3.8, 4) is 0 Å². The van der Waals surface area contributed by atoms with Crippen LogP contribution in [-0.2, 0) is 28.7 Å². The minimum absolute atomic E-state index is 0. The largest absolute Gasteiger partial charge is 0.479 e. The van der Waals surface area contributed by atoms with Gasteiger partial charge >= 0.3 is 5.97 Å². The van der Waals surface area contributed by atoms with Crippen LogP contribution in [-0.4, -0.2) is 66.5 Å². The topological polar surface area (TPSA) is 156 Å². The molecule has 1 saturated carbocycles. The van der Waals surface area contributed by atoms with Gasteiger partial charge in [-0.15, -0.1) is 12.4 Å². The van der Waals surface area contributed by atoms with Gasteiger partial charge in [0, 0.05) is 23.4 Å². The summed E-state index contributed by atoms with van der Waals surface area (Å²) in [5.74, 6) is -2.63. The Morgan fingerprint density at radius 1 is 1.19 bits per heavy atom. The standard InChI is InChI=1S/C24H30BrN3O7S.ClH/c25-16-8-10-18(11-9-16)36(33,34)35-17-12-20-21(29)27-24(23(31)32)13-15(24)6-4-2-1-3-5-7-19(26)22(30)28(20)14-17;/h4,6,8-11,15,17,19-20H,1-3,5,7,12-14,26H2,(H,27,29)(H,31,32);1H/t15-,17+,19+,20+,24-;/m1./s1. The van der Waals surface area contributed by atoms with E-state index in [0.29, 0.717) is 10.9 Å². The molecule has 37 heavy (non-hydrogen) atoms. The molecule has 2 heterocycles. The van der Waals surface area contributed by atoms with E-state index >= 15 is 0 Å². The van der Waals surface area contributed by atoms with Crippen LogP contribution in [0.25, 0.3) is 0 Å². The molecule has 0 unspecified atom stereocenters. The molecule has 5 atom stereocenters. The minimum Gasteiger partial charge on any atom is -0.479 e. The number of hydrogen-bond donors (Lipinski definition) is 3. The van der Waals surface area contributed by atoms with Crippen molar-refractivity contribution in [2.24, 2.45) is 11.7 Å². The molecule has 2 fully saturated rings. The zero-order valence-electron chi connectivity index (χ0n) is 20.0. The number of nitrogens with zero attached hydrogens (tertiary/aromatic N) is 1. The molecule has 13 heteroatoms. The van der Waals surface area contributed by atoms with Crippen LogP contribution in [0.4, 0.5) is 0 Å². The lowest BCUT2D eigenvalue weighted by Gasteiger charge is -2.27. The molecule has 0 radical (unpaired) electrons. The highest BCUT2D eigenvalue weighted by Gasteiger charge is 2.61. The number of carbonyl (C=O) groups excluding carboxylic acids is 2. The van der Waals surface area contributed by atoms with E-state index < -0.39 is 51.6 Å². The second-order valence-corrected chi connectivity index (χ2v) is 12.1. The SMILES string of the molecule is Cl.N[C@H]1CCCCCC=C[C@@H]2C[C@@]2(C(=O)O)NC(=O)[C@@H]2C[C@H](OS(=O)(=O)c3ccc(Br)cc3)CN2C1=O. The molecule has 4 N–H and O–H groups in total. The quantitative estimate of drug-likeness (QED) is 0.342. The number of allylic oxidation sites excluding steroid dienone is 1. The number of amides is 2. The van der Waals surface area contributed by atoms with Crippen molar-refractivity contribution >= 4 is 56.2 Å². The Morgan fingerprint density at radius 3 is 2.57 bits per heavy atom. The molecule has 1 saturated heterocycles. The first-order valence-electron chi connectivity index (χ1n) is 12.0. The van der Waals surface area contributed by atoms with Crippen molar-refractivity contribution in [1.82, 2.24) is 10.2 Å². The predicted octanol–water partition coefficient (Wildman–Crippen LogP) is 2.35. The van der Waals surface area contributed by atoms with Crippen LogP contribution in [0.2, 0.25) is 0 Å². The van der Waals surface area contributed by atoms with Crippen molar-refractivity contribution in [2.75, 3.05) is 6.54 Å². The highest BCUT2D eigenvalue weighted by atomic mass is 79.9. The van der Waals surface area contributed by atoms with Gasteiger partial charge in [0.15, 0.2) is 0 Å². The molecular weight excluding hydrogens is 590 g/mol. The number of fused-ring (bicyclic) bond motifs is 2. The molecule has 1 aromatic carbocycles. The van der Waals surface area contributed by atoms with E-state index in [2.05, 4.69) is 21.2 Å². The smallest absolute Gasteiger partial charge is 0.330 e. The lowest BCUT2D eigenvalue weighted by Crippen LogP contribution is -2.55. The first-order valence-corrected chi connectivity index (χ1v) is 14.2. The summed E-state index contributed by atoms with van der Waals surface area (Å²) in [6.07, 6.45) is 6.61. The van der Waals surface area contributed by atoms with Gasteiger partial charge in [0.25, 0.3) is 10.1 Å². The molecule has 204 valence electrons. The summed E-state index contributed by atoms with van der Waals surface area (Å²) in [7, 11) is -4.16. The molecule has 2 aliphatic heterocycles. The number of aliphatic carboxylic acids is 1. The van der Waals surface area contributed by atoms with Gasteiger partial charge in [-0.2, -0.15) is 8.42 Å². The van der Waals surface area contributed by atoms with Crippen LogP contribution in [0.5, 0.6) is 0 Å². The Bertz CT molecular complexity index is 1160. The summed E-state index contributed by atoms with van der Waals surface area (Å²) in [5, 5.41) is 12.5. The average Bonchev–Trinajstić information content (AvgIpc) is 3.36. The lowest BCUT2D eigenvalue weighted by molar-refractivity contribution is -0.145. The van der Waals surface area contributed by atoms with Crippen LogP contribution < -0.4 is 11.1 Å². The van der Waals surface area contributed by atoms with Gasteiger partial charge in [0.05, 0.1) is 17.0 Å². The number of halogens is 2. The maximum Gasteiger partial charge on any atom is 0.330 e. The van der Waals surface area contributed by atoms with Crippen LogP contribution in [0.1, 0.15) is 44.9 Å². The number of carbonyl (C=O) groups is 3. The fourth-order valence-electron chi connectivity index (χ4n) is 4.86. The van der Waals surface area contributed by atoms with Crippen LogP contribution in [0, 0.1) is 5.92 Å². The molecule has 0 bridgehead atoms. The van der Waals surface area contributed by atoms with Gasteiger partial charge in [0.2, 0.25) is 11.8 Å². The predicted molar refractivity (Wildman–Crippen MR) is 140 cm³/mol. The van der Waals surface area contributed by atoms with Gasteiger partial charge in [-0.3, -0.25) is 13.8 Å². The first kappa shape index (κ1) is 29.6. The van der Waals surface area contributed by atoms with Crippen molar-refractivity contribution in [1.29, 1.82) is 0 Å². The number of carboxylic acid groups (broad SMARTS) is 1. The summed E-state index contributed by atoms with van der Waals surface area (Å²) in [6.45, 7) is -0.149. The molecule has 4 rings (SSSR count). The monoisotopic (exact) mass is 619 g/mol. The van der Waals surface area contributed by atoms with Crippen molar-refractivity contribution < 1.29 is 32.1 Å². The van der Waals surface area contributed by atoms with Crippen molar-refractivity contribution in [3.63, 3.8) is 0 Å². The average molecular weight is 621 g/mol. The van der Waals surface area contributed by atoms with E-state index in [-0.39, 0.29) is 42.6 Å². The van der Waals surface area contributed by atoms with E-state index in [4.69, 9.17) is 9.92 Å². The van der Waals surface area contributed by atoms with E-state index in [1.807, 2.05) is 12.2 Å². The third-order valence-electron chi connectivity index (χ3n) is 7.03. The fourth-order valence-corrected chi connectivity index (χ4v) is 6.20. The summed E-state index contributed by atoms with van der Waals surface area (Å²) in [5.41, 5.74) is 4.72. The molecular formula is C24H31BrClN3O7S. The molecule has 0 spiro atoms. The van der Waals surface area contributed by atoms with Gasteiger partial charge in [-0.25, -0.2) is 4.79 Å². The number of nitrogens with one attached hydrogen (secondary N) is 1. The van der Waals surface area contributed by atoms with Crippen LogP contribution in [0.15, 0.2) is 45.8 Å². The Kier molecular flexibility index (Phi) is 9.44. The number of benzene rings is 1. The van der Waals surface area contributed by atoms with Gasteiger partial charge < -0.3 is 21.1 Å². The van der Waals surface area contributed by atoms with Gasteiger partial charge in [-0.05, 0) is 49.9 Å². The zero-order valence-corrected chi connectivity index (χ0v) is 23.3. The number of rotatable bonds is 4. The molecule has 1 aliphatic carbocycles. The molecule has 2 amide bonds. The molecule has 10 nitrogen and oxygen atoms in total. The number of carboxylic acids is 1. The highest BCUT2D eigenvalue weighted by Crippen LogP contribution is 2.45. The Hall–Kier alpha value is -1.99. The van der Waals surface area contributed by atoms with Crippen LogP contribution in [0.3, 0.4) is 0 Å². The molecule has 1 aromatic rings. The minimum atomic E-state index is -4.16. The van der Waals surface area contributed by atoms with Crippen molar-refractivity contribution in [3.05, 3.63) is 40.9 Å². The Labute approximate surface area is 230 Å². The number of hydrogen-bond acceptors (Lipinski definition) is 7. The number of nitrogens with two attached hydrogens (primary N) is 1. The molecule has 3 aliphatic rings. The van der Waals surface area contributed by atoms with Gasteiger partial charge in [-0.1, -0.05) is 40.9 Å². The summed E-state index contributed by atoms with van der Waals surface area (Å²) < 4.78 is 31.8. The second kappa shape index (κ2) is 11.8. The summed E-state index contributed by atoms with van der Waals surface area (Å²) >= 11 is 3.25. The van der Waals surface area contributed by atoms with Crippen molar-refractivity contribution in [2.45, 2.75) is 73.6 Å². The zero-order chi connectivity index (χ0) is 26.1. The fraction of sp³-hybridized carbons (Fsp3) is 0.542.